The largest absolute Gasteiger partial charge is 0.393 e. The number of amidine groups is 1. The number of nitrogens with two attached hydrogens (primary N) is 1. The van der Waals surface area contributed by atoms with Gasteiger partial charge in [-0.25, -0.2) is 4.98 Å². The van der Waals surface area contributed by atoms with E-state index >= 15 is 0 Å². The summed E-state index contributed by atoms with van der Waals surface area (Å²) in [5.74, 6) is 0.808. The molecule has 0 aromatic carbocycles. The predicted octanol–water partition coefficient (Wildman–Crippen LogP) is 0.635. The molecular weight excluding hydrogens is 216 g/mol. The van der Waals surface area contributed by atoms with Crippen LogP contribution in [0.3, 0.4) is 0 Å². The monoisotopic (exact) mass is 234 g/mol. The molecule has 0 atom stereocenters. The zero-order chi connectivity index (χ0) is 12.4. The average Bonchev–Trinajstić information content (AvgIpc) is 2.29. The molecule has 1 aliphatic rings. The third-order valence-electron chi connectivity index (χ3n) is 3.07. The van der Waals surface area contributed by atoms with E-state index in [4.69, 9.17) is 11.1 Å². The third kappa shape index (κ3) is 2.55. The fourth-order valence-corrected chi connectivity index (χ4v) is 2.07. The lowest BCUT2D eigenvalue weighted by atomic mass is 10.1. The number of anilines is 1. The first-order chi connectivity index (χ1) is 8.08. The van der Waals surface area contributed by atoms with Gasteiger partial charge in [0.2, 0.25) is 0 Å². The van der Waals surface area contributed by atoms with Gasteiger partial charge in [0.15, 0.2) is 0 Å². The molecule has 2 heterocycles. The Morgan fingerprint density at radius 3 is 2.71 bits per heavy atom. The van der Waals surface area contributed by atoms with Gasteiger partial charge in [-0.3, -0.25) is 5.41 Å². The standard InChI is InChI=1S/C12H18N4O/c1-8-2-3-10(11(13)14)12(15-8)16-6-4-9(17)5-7-16/h2-3,9,17H,4-7H2,1H3,(H3,13,14). The van der Waals surface area contributed by atoms with Crippen LogP contribution in [-0.4, -0.2) is 35.1 Å². The molecule has 0 radical (unpaired) electrons. The number of rotatable bonds is 2. The van der Waals surface area contributed by atoms with Crippen LogP contribution < -0.4 is 10.6 Å². The van der Waals surface area contributed by atoms with Crippen LogP contribution in [0.4, 0.5) is 5.82 Å². The summed E-state index contributed by atoms with van der Waals surface area (Å²) in [5.41, 5.74) is 7.15. The van der Waals surface area contributed by atoms with Gasteiger partial charge in [-0.1, -0.05) is 0 Å². The SMILES string of the molecule is Cc1ccc(C(=N)N)c(N2CCC(O)CC2)n1. The van der Waals surface area contributed by atoms with E-state index in [2.05, 4.69) is 9.88 Å². The molecule has 17 heavy (non-hydrogen) atoms. The Kier molecular flexibility index (Phi) is 3.28. The van der Waals surface area contributed by atoms with Crippen LogP contribution in [0.5, 0.6) is 0 Å². The van der Waals surface area contributed by atoms with Gasteiger partial charge in [0.05, 0.1) is 11.7 Å². The maximum Gasteiger partial charge on any atom is 0.139 e. The van der Waals surface area contributed by atoms with E-state index in [9.17, 15) is 5.11 Å². The second-order valence-electron chi connectivity index (χ2n) is 4.46. The molecule has 0 bridgehead atoms. The minimum absolute atomic E-state index is 0.0404. The van der Waals surface area contributed by atoms with Crippen molar-refractivity contribution in [1.82, 2.24) is 4.98 Å². The molecule has 0 unspecified atom stereocenters. The minimum Gasteiger partial charge on any atom is -0.393 e. The molecule has 4 N–H and O–H groups in total. The zero-order valence-electron chi connectivity index (χ0n) is 9.98. The first kappa shape index (κ1) is 11.9. The molecule has 92 valence electrons. The summed E-state index contributed by atoms with van der Waals surface area (Å²) in [6.45, 7) is 3.45. The first-order valence-corrected chi connectivity index (χ1v) is 5.83. The molecule has 1 fully saturated rings. The maximum atomic E-state index is 9.49. The Morgan fingerprint density at radius 1 is 1.47 bits per heavy atom. The van der Waals surface area contributed by atoms with E-state index in [1.807, 2.05) is 19.1 Å². The summed E-state index contributed by atoms with van der Waals surface area (Å²) in [4.78, 5) is 6.56. The molecule has 5 heteroatoms. The van der Waals surface area contributed by atoms with Gasteiger partial charge >= 0.3 is 0 Å². The Bertz CT molecular complexity index is 425. The van der Waals surface area contributed by atoms with Crippen molar-refractivity contribution in [1.29, 1.82) is 5.41 Å². The number of hydrogen-bond donors (Lipinski definition) is 3. The van der Waals surface area contributed by atoms with Gasteiger partial charge in [-0.2, -0.15) is 0 Å². The summed E-state index contributed by atoms with van der Waals surface area (Å²) >= 11 is 0. The highest BCUT2D eigenvalue weighted by molar-refractivity contribution is 5.99. The van der Waals surface area contributed by atoms with E-state index in [0.717, 1.165) is 37.4 Å². The Balaban J connectivity index is 2.30. The topological polar surface area (TPSA) is 86.2 Å². The van der Waals surface area contributed by atoms with Crippen LogP contribution in [-0.2, 0) is 0 Å². The molecular formula is C12H18N4O. The van der Waals surface area contributed by atoms with Crippen molar-refractivity contribution in [3.8, 4) is 0 Å². The molecule has 5 nitrogen and oxygen atoms in total. The summed E-state index contributed by atoms with van der Waals surface area (Å²) < 4.78 is 0. The lowest BCUT2D eigenvalue weighted by Crippen LogP contribution is -2.37. The predicted molar refractivity (Wildman–Crippen MR) is 67.4 cm³/mol. The molecule has 1 aromatic heterocycles. The minimum atomic E-state index is -0.211. The zero-order valence-corrected chi connectivity index (χ0v) is 9.98. The molecule has 2 rings (SSSR count). The first-order valence-electron chi connectivity index (χ1n) is 5.83. The van der Waals surface area contributed by atoms with Gasteiger partial charge in [0.25, 0.3) is 0 Å². The maximum absolute atomic E-state index is 9.49. The van der Waals surface area contributed by atoms with Crippen LogP contribution in [0.25, 0.3) is 0 Å². The second kappa shape index (κ2) is 4.71. The summed E-state index contributed by atoms with van der Waals surface area (Å²) in [7, 11) is 0. The number of piperidine rings is 1. The molecule has 1 saturated heterocycles. The number of nitrogens with one attached hydrogen (secondary N) is 1. The molecule has 0 aliphatic carbocycles. The van der Waals surface area contributed by atoms with E-state index < -0.39 is 0 Å². The van der Waals surface area contributed by atoms with E-state index in [-0.39, 0.29) is 11.9 Å². The highest BCUT2D eigenvalue weighted by Crippen LogP contribution is 2.22. The number of aryl methyl sites for hydroxylation is 1. The number of pyridine rings is 1. The van der Waals surface area contributed by atoms with Crippen molar-refractivity contribution in [2.45, 2.75) is 25.9 Å². The van der Waals surface area contributed by atoms with Crippen LogP contribution in [0.1, 0.15) is 24.1 Å². The lowest BCUT2D eigenvalue weighted by molar-refractivity contribution is 0.145. The molecule has 1 aliphatic heterocycles. The van der Waals surface area contributed by atoms with Crippen molar-refractivity contribution in [3.05, 3.63) is 23.4 Å². The molecule has 0 amide bonds. The van der Waals surface area contributed by atoms with Crippen LogP contribution in [0.15, 0.2) is 12.1 Å². The van der Waals surface area contributed by atoms with Gasteiger partial charge in [0.1, 0.15) is 11.7 Å². The highest BCUT2D eigenvalue weighted by atomic mass is 16.3. The van der Waals surface area contributed by atoms with Crippen molar-refractivity contribution < 1.29 is 5.11 Å². The Labute approximate surface area is 101 Å². The van der Waals surface area contributed by atoms with E-state index in [1.54, 1.807) is 0 Å². The number of nitrogen functional groups attached to an aromatic ring is 1. The second-order valence-corrected chi connectivity index (χ2v) is 4.46. The Hall–Kier alpha value is -1.62. The lowest BCUT2D eigenvalue weighted by Gasteiger charge is -2.31. The van der Waals surface area contributed by atoms with Gasteiger partial charge in [-0.05, 0) is 31.9 Å². The quantitative estimate of drug-likeness (QED) is 0.517. The van der Waals surface area contributed by atoms with Crippen LogP contribution in [0, 0.1) is 12.3 Å². The average molecular weight is 234 g/mol. The van der Waals surface area contributed by atoms with Gasteiger partial charge < -0.3 is 15.7 Å². The molecule has 1 aromatic rings. The van der Waals surface area contributed by atoms with Gasteiger partial charge in [0, 0.05) is 18.8 Å². The summed E-state index contributed by atoms with van der Waals surface area (Å²) in [5, 5.41) is 17.1. The van der Waals surface area contributed by atoms with Crippen molar-refractivity contribution >= 4 is 11.7 Å². The van der Waals surface area contributed by atoms with Crippen molar-refractivity contribution in [2.24, 2.45) is 5.73 Å². The fourth-order valence-electron chi connectivity index (χ4n) is 2.07. The number of aliphatic hydroxyl groups is 1. The number of nitrogens with zero attached hydrogens (tertiary/aromatic N) is 2. The molecule has 0 saturated carbocycles. The highest BCUT2D eigenvalue weighted by Gasteiger charge is 2.21. The van der Waals surface area contributed by atoms with E-state index in [1.165, 1.54) is 0 Å². The fraction of sp³-hybridized carbons (Fsp3) is 0.500. The summed E-state index contributed by atoms with van der Waals surface area (Å²) in [6, 6.07) is 3.70. The van der Waals surface area contributed by atoms with Crippen LogP contribution >= 0.6 is 0 Å². The summed E-state index contributed by atoms with van der Waals surface area (Å²) in [6.07, 6.45) is 1.27. The third-order valence-corrected chi connectivity index (χ3v) is 3.07. The van der Waals surface area contributed by atoms with Gasteiger partial charge in [-0.15, -0.1) is 0 Å². The Morgan fingerprint density at radius 2 is 2.12 bits per heavy atom. The molecule has 0 spiro atoms. The van der Waals surface area contributed by atoms with Crippen molar-refractivity contribution in [3.63, 3.8) is 0 Å². The smallest absolute Gasteiger partial charge is 0.139 e. The number of aliphatic hydroxyl groups excluding tert-OH is 1. The number of hydrogen-bond acceptors (Lipinski definition) is 4. The normalized spacial score (nSPS) is 17.2. The van der Waals surface area contributed by atoms with Crippen LogP contribution in [0.2, 0.25) is 0 Å². The number of aromatic nitrogens is 1. The van der Waals surface area contributed by atoms with E-state index in [0.29, 0.717) is 5.56 Å². The van der Waals surface area contributed by atoms with Crippen molar-refractivity contribution in [2.75, 3.05) is 18.0 Å².